The zero-order valence-corrected chi connectivity index (χ0v) is 36.7. The van der Waals surface area contributed by atoms with Crippen molar-refractivity contribution in [3.8, 4) is 22.3 Å². The van der Waals surface area contributed by atoms with E-state index in [0.717, 1.165) is 0 Å². The summed E-state index contributed by atoms with van der Waals surface area (Å²) >= 11 is 1.98. The van der Waals surface area contributed by atoms with Crippen molar-refractivity contribution >= 4 is 77.7 Å². The molecule has 0 bridgehead atoms. The number of fused-ring (bicyclic) bond motifs is 14. The highest BCUT2D eigenvalue weighted by molar-refractivity contribution is 7.26. The number of hydrogen-bond acceptors (Lipinski definition) is 3. The van der Waals surface area contributed by atoms with Gasteiger partial charge in [0.25, 0.3) is 0 Å². The van der Waals surface area contributed by atoms with E-state index in [4.69, 9.17) is 0 Å². The molecule has 3 aliphatic heterocycles. The summed E-state index contributed by atoms with van der Waals surface area (Å²) in [6.07, 6.45) is 2.39. The van der Waals surface area contributed by atoms with Crippen molar-refractivity contribution in [2.24, 2.45) is 0 Å². The van der Waals surface area contributed by atoms with E-state index in [9.17, 15) is 0 Å². The standard InChI is InChI=1S/C56H49BN2S/c1-53(2)26-27-54(3,4)43-28-32(24-25-39(43)53)59-46-30-35-33-16-9-11-18-38(33)55(5,6)42(35)29-37(46)49-50-47(31-36-34-17-10-14-23-48(34)60-52(36)49)58-45-22-13-12-19-40(45)56(7,8)41-20-15-21-44(51(41)58)57(50)59/h9-25,28-31H,26-27H2,1-8H3. The predicted molar refractivity (Wildman–Crippen MR) is 258 cm³/mol. The first-order chi connectivity index (χ1) is 28.8. The van der Waals surface area contributed by atoms with Crippen LogP contribution in [0.25, 0.3) is 42.4 Å². The summed E-state index contributed by atoms with van der Waals surface area (Å²) in [7, 11) is 0. The van der Waals surface area contributed by atoms with Crippen LogP contribution < -0.4 is 20.6 Å². The fourth-order valence-corrected chi connectivity index (χ4v) is 13.8. The monoisotopic (exact) mass is 792 g/mol. The van der Waals surface area contributed by atoms with Crippen molar-refractivity contribution in [3.05, 3.63) is 161 Å². The molecule has 0 saturated heterocycles. The zero-order valence-electron chi connectivity index (χ0n) is 35.9. The molecule has 1 aromatic heterocycles. The van der Waals surface area contributed by atoms with Crippen LogP contribution in [0.1, 0.15) is 102 Å². The molecule has 0 atom stereocenters. The van der Waals surface area contributed by atoms with Crippen molar-refractivity contribution in [2.45, 2.75) is 89.9 Å². The minimum atomic E-state index is -0.174. The first-order valence-electron chi connectivity index (χ1n) is 22.0. The Kier molecular flexibility index (Phi) is 6.58. The summed E-state index contributed by atoms with van der Waals surface area (Å²) in [4.78, 5) is 5.45. The smallest absolute Gasteiger partial charge is 0.333 e. The van der Waals surface area contributed by atoms with E-state index in [1.54, 1.807) is 0 Å². The van der Waals surface area contributed by atoms with Gasteiger partial charge in [0.15, 0.2) is 0 Å². The molecule has 0 amide bonds. The van der Waals surface area contributed by atoms with Crippen LogP contribution in [0.3, 0.4) is 0 Å². The SMILES string of the molecule is CC1(C)CCC(C)(C)c2cc(N3B4c5cccc6c5N(c5ccccc5C6(C)C)c5cc6c(sc7ccccc76)c(c54)-c4cc5c(cc43)-c3ccccc3C5(C)C)ccc21. The van der Waals surface area contributed by atoms with Gasteiger partial charge in [-0.3, -0.25) is 0 Å². The van der Waals surface area contributed by atoms with E-state index in [1.165, 1.54) is 128 Å². The topological polar surface area (TPSA) is 6.48 Å². The highest BCUT2D eigenvalue weighted by Crippen LogP contribution is 2.59. The third kappa shape index (κ3) is 4.21. The number of para-hydroxylation sites is 2. The van der Waals surface area contributed by atoms with Gasteiger partial charge >= 0.3 is 6.85 Å². The second-order valence-corrected chi connectivity index (χ2v) is 21.8. The van der Waals surface area contributed by atoms with E-state index < -0.39 is 0 Å². The van der Waals surface area contributed by atoms with E-state index in [1.807, 2.05) is 11.3 Å². The van der Waals surface area contributed by atoms with Crippen LogP contribution in [0.5, 0.6) is 0 Å². The highest BCUT2D eigenvalue weighted by Gasteiger charge is 2.51. The van der Waals surface area contributed by atoms with Crippen LogP contribution in [0.4, 0.5) is 28.4 Å². The first kappa shape index (κ1) is 35.2. The van der Waals surface area contributed by atoms with Gasteiger partial charge in [0, 0.05) is 64.9 Å². The largest absolute Gasteiger partial charge is 0.376 e. The average Bonchev–Trinajstić information content (AvgIpc) is 3.72. The lowest BCUT2D eigenvalue weighted by Crippen LogP contribution is -2.62. The van der Waals surface area contributed by atoms with Crippen LogP contribution >= 0.6 is 11.3 Å². The fraction of sp³-hybridized carbons (Fsp3) is 0.250. The predicted octanol–water partition coefficient (Wildman–Crippen LogP) is 14.1. The molecule has 60 heavy (non-hydrogen) atoms. The van der Waals surface area contributed by atoms with E-state index in [2.05, 4.69) is 192 Å². The summed E-state index contributed by atoms with van der Waals surface area (Å²) in [6.45, 7) is 19.5. The summed E-state index contributed by atoms with van der Waals surface area (Å²) in [5.74, 6) is 0. The summed E-state index contributed by atoms with van der Waals surface area (Å²) in [6, 6.07) is 50.0. The number of thiophene rings is 1. The molecule has 5 aliphatic rings. The van der Waals surface area contributed by atoms with Gasteiger partial charge in [-0.25, -0.2) is 0 Å². The molecule has 0 unspecified atom stereocenters. The maximum atomic E-state index is 2.78. The van der Waals surface area contributed by atoms with Crippen molar-refractivity contribution < 1.29 is 0 Å². The summed E-state index contributed by atoms with van der Waals surface area (Å²) in [5.41, 5.74) is 23.4. The molecular formula is C56H49BN2S. The Balaban J connectivity index is 1.22. The lowest BCUT2D eigenvalue weighted by molar-refractivity contribution is 0.332. The number of anilines is 5. The average molecular weight is 793 g/mol. The Morgan fingerprint density at radius 3 is 2.03 bits per heavy atom. The second kappa shape index (κ2) is 11.2. The summed E-state index contributed by atoms with van der Waals surface area (Å²) in [5, 5.41) is 2.70. The first-order valence-corrected chi connectivity index (χ1v) is 22.8. The highest BCUT2D eigenvalue weighted by atomic mass is 32.1. The molecule has 4 heterocycles. The van der Waals surface area contributed by atoms with Crippen LogP contribution in [-0.2, 0) is 21.7 Å². The minimum Gasteiger partial charge on any atom is -0.376 e. The maximum absolute atomic E-state index is 2.78. The molecular weight excluding hydrogens is 744 g/mol. The van der Waals surface area contributed by atoms with Crippen LogP contribution in [-0.4, -0.2) is 6.85 Å². The van der Waals surface area contributed by atoms with Crippen LogP contribution in [0.15, 0.2) is 127 Å². The number of rotatable bonds is 1. The Labute approximate surface area is 358 Å². The van der Waals surface area contributed by atoms with E-state index >= 15 is 0 Å². The molecule has 13 rings (SSSR count). The van der Waals surface area contributed by atoms with Crippen molar-refractivity contribution in [1.82, 2.24) is 0 Å². The summed E-state index contributed by atoms with van der Waals surface area (Å²) < 4.78 is 2.74. The van der Waals surface area contributed by atoms with Gasteiger partial charge < -0.3 is 9.71 Å². The van der Waals surface area contributed by atoms with Crippen molar-refractivity contribution in [3.63, 3.8) is 0 Å². The molecule has 4 heteroatoms. The Bertz CT molecular complexity index is 3250. The van der Waals surface area contributed by atoms with Gasteiger partial charge in [-0.15, -0.1) is 11.3 Å². The van der Waals surface area contributed by atoms with E-state index in [0.29, 0.717) is 0 Å². The zero-order chi connectivity index (χ0) is 40.8. The van der Waals surface area contributed by atoms with E-state index in [-0.39, 0.29) is 28.5 Å². The fourth-order valence-electron chi connectivity index (χ4n) is 12.6. The molecule has 0 radical (unpaired) electrons. The lowest BCUT2D eigenvalue weighted by atomic mass is 9.42. The number of nitrogens with zero attached hydrogens (tertiary/aromatic N) is 2. The van der Waals surface area contributed by atoms with Gasteiger partial charge in [-0.1, -0.05) is 140 Å². The van der Waals surface area contributed by atoms with Gasteiger partial charge in [0.2, 0.25) is 0 Å². The molecule has 0 saturated carbocycles. The normalized spacial score (nSPS) is 18.6. The van der Waals surface area contributed by atoms with Crippen LogP contribution in [0.2, 0.25) is 0 Å². The van der Waals surface area contributed by atoms with Gasteiger partial charge in [0.1, 0.15) is 0 Å². The minimum absolute atomic E-state index is 0.0372. The molecule has 0 spiro atoms. The van der Waals surface area contributed by atoms with Gasteiger partial charge in [-0.2, -0.15) is 0 Å². The van der Waals surface area contributed by atoms with Gasteiger partial charge in [-0.05, 0) is 122 Å². The van der Waals surface area contributed by atoms with Crippen LogP contribution in [0, 0.1) is 0 Å². The third-order valence-corrected chi connectivity index (χ3v) is 17.1. The Morgan fingerprint density at radius 1 is 0.500 bits per heavy atom. The van der Waals surface area contributed by atoms with Gasteiger partial charge in [0.05, 0.1) is 5.69 Å². The second-order valence-electron chi connectivity index (χ2n) is 20.7. The number of benzene rings is 7. The quantitative estimate of drug-likeness (QED) is 0.153. The maximum Gasteiger partial charge on any atom is 0.333 e. The molecule has 0 N–H and O–H groups in total. The molecule has 7 aromatic carbocycles. The Morgan fingerprint density at radius 2 is 1.20 bits per heavy atom. The molecule has 8 aromatic rings. The molecule has 0 fully saturated rings. The van der Waals surface area contributed by atoms with Crippen molar-refractivity contribution in [1.29, 1.82) is 0 Å². The number of hydrogen-bond donors (Lipinski definition) is 0. The third-order valence-electron chi connectivity index (χ3n) is 15.9. The molecule has 2 aliphatic carbocycles. The Hall–Kier alpha value is -5.58. The molecule has 2 nitrogen and oxygen atoms in total. The van der Waals surface area contributed by atoms with Crippen molar-refractivity contribution in [2.75, 3.05) is 9.71 Å². The molecule has 292 valence electrons. The lowest BCUT2D eigenvalue weighted by Gasteiger charge is -2.51.